The highest BCUT2D eigenvalue weighted by Gasteiger charge is 2.30. The van der Waals surface area contributed by atoms with Crippen molar-refractivity contribution in [3.8, 4) is 0 Å². The maximum atomic E-state index is 12.0. The quantitative estimate of drug-likeness (QED) is 0.830. The van der Waals surface area contributed by atoms with Gasteiger partial charge in [0.2, 0.25) is 11.8 Å². The minimum atomic E-state index is 0.0390. The lowest BCUT2D eigenvalue weighted by Gasteiger charge is -2.27. The van der Waals surface area contributed by atoms with Crippen LogP contribution in [-0.4, -0.2) is 50.0 Å². The fourth-order valence-corrected chi connectivity index (χ4v) is 2.99. The lowest BCUT2D eigenvalue weighted by Crippen LogP contribution is -2.40. The van der Waals surface area contributed by atoms with Crippen LogP contribution in [0.15, 0.2) is 28.9 Å². The van der Waals surface area contributed by atoms with Crippen LogP contribution in [0.1, 0.15) is 30.8 Å². The fraction of sp³-hybridized carbons (Fsp3) is 0.500. The van der Waals surface area contributed by atoms with Crippen molar-refractivity contribution < 1.29 is 9.32 Å². The number of aryl methyl sites for hydroxylation is 1. The summed E-state index contributed by atoms with van der Waals surface area (Å²) in [5.74, 6) is 1.12. The average molecular weight is 315 g/mol. The van der Waals surface area contributed by atoms with E-state index in [0.29, 0.717) is 18.3 Å². The Morgan fingerprint density at radius 3 is 3.00 bits per heavy atom. The minimum Gasteiger partial charge on any atom is -0.340 e. The van der Waals surface area contributed by atoms with Crippen LogP contribution in [0, 0.1) is 6.92 Å². The van der Waals surface area contributed by atoms with Crippen LogP contribution in [-0.2, 0) is 17.9 Å². The first-order valence-electron chi connectivity index (χ1n) is 7.80. The molecular formula is C16H21N5O2. The second-order valence-corrected chi connectivity index (χ2v) is 5.88. The van der Waals surface area contributed by atoms with Gasteiger partial charge in [0.15, 0.2) is 5.82 Å². The Hall–Kier alpha value is -2.28. The largest absolute Gasteiger partial charge is 0.340 e. The number of hydrogen-bond acceptors (Lipinski definition) is 6. The molecule has 0 aromatic carbocycles. The summed E-state index contributed by atoms with van der Waals surface area (Å²) in [7, 11) is 0. The molecule has 0 aliphatic carbocycles. The highest BCUT2D eigenvalue weighted by Crippen LogP contribution is 2.19. The topological polar surface area (TPSA) is 75.4 Å². The van der Waals surface area contributed by atoms with Crippen molar-refractivity contribution in [3.63, 3.8) is 0 Å². The first-order valence-corrected chi connectivity index (χ1v) is 7.80. The Balaban J connectivity index is 1.62. The molecule has 23 heavy (non-hydrogen) atoms. The van der Waals surface area contributed by atoms with E-state index in [1.165, 1.54) is 0 Å². The molecule has 2 aromatic rings. The second-order valence-electron chi connectivity index (χ2n) is 5.88. The molecule has 1 fully saturated rings. The maximum absolute atomic E-state index is 12.0. The van der Waals surface area contributed by atoms with Gasteiger partial charge in [-0.2, -0.15) is 4.98 Å². The molecule has 7 nitrogen and oxygen atoms in total. The molecule has 0 radical (unpaired) electrons. The zero-order valence-electron chi connectivity index (χ0n) is 13.5. The third-order valence-corrected chi connectivity index (χ3v) is 4.09. The third-order valence-electron chi connectivity index (χ3n) is 4.09. The van der Waals surface area contributed by atoms with Gasteiger partial charge in [-0.05, 0) is 18.6 Å². The van der Waals surface area contributed by atoms with Gasteiger partial charge < -0.3 is 9.42 Å². The van der Waals surface area contributed by atoms with Crippen molar-refractivity contribution >= 4 is 5.91 Å². The third kappa shape index (κ3) is 3.92. The molecule has 0 saturated carbocycles. The minimum absolute atomic E-state index is 0.0390. The molecule has 3 rings (SSSR count). The van der Waals surface area contributed by atoms with Crippen molar-refractivity contribution in [1.29, 1.82) is 0 Å². The van der Waals surface area contributed by atoms with Gasteiger partial charge in [0.1, 0.15) is 0 Å². The van der Waals surface area contributed by atoms with E-state index >= 15 is 0 Å². The Morgan fingerprint density at radius 2 is 2.35 bits per heavy atom. The van der Waals surface area contributed by atoms with Crippen LogP contribution in [0.5, 0.6) is 0 Å². The lowest BCUT2D eigenvalue weighted by molar-refractivity contribution is -0.131. The average Bonchev–Trinajstić information content (AvgIpc) is 3.15. The van der Waals surface area contributed by atoms with Crippen molar-refractivity contribution in [1.82, 2.24) is 24.9 Å². The smallest absolute Gasteiger partial charge is 0.223 e. The van der Waals surface area contributed by atoms with Gasteiger partial charge in [-0.25, -0.2) is 0 Å². The number of carbonyl (C=O) groups excluding carboxylic acids is 1. The van der Waals surface area contributed by atoms with E-state index < -0.39 is 0 Å². The molecule has 0 bridgehead atoms. The van der Waals surface area contributed by atoms with E-state index in [9.17, 15) is 4.79 Å². The molecule has 0 N–H and O–H groups in total. The molecule has 1 aliphatic heterocycles. The number of aromatic nitrogens is 3. The number of pyridine rings is 1. The summed E-state index contributed by atoms with van der Waals surface area (Å²) in [6.45, 7) is 6.34. The second kappa shape index (κ2) is 6.87. The molecular weight excluding hydrogens is 294 g/mol. The van der Waals surface area contributed by atoms with Crippen molar-refractivity contribution in [2.45, 2.75) is 39.4 Å². The van der Waals surface area contributed by atoms with Crippen LogP contribution in [0.2, 0.25) is 0 Å². The molecule has 1 saturated heterocycles. The lowest BCUT2D eigenvalue weighted by atomic mass is 10.2. The van der Waals surface area contributed by atoms with Gasteiger partial charge in [-0.1, -0.05) is 11.2 Å². The van der Waals surface area contributed by atoms with Gasteiger partial charge in [0.25, 0.3) is 0 Å². The van der Waals surface area contributed by atoms with Crippen LogP contribution < -0.4 is 0 Å². The zero-order valence-corrected chi connectivity index (χ0v) is 13.5. The molecule has 7 heteroatoms. The van der Waals surface area contributed by atoms with Crippen LogP contribution in [0.3, 0.4) is 0 Å². The summed E-state index contributed by atoms with van der Waals surface area (Å²) >= 11 is 0. The van der Waals surface area contributed by atoms with Crippen LogP contribution >= 0.6 is 0 Å². The number of carbonyl (C=O) groups is 1. The monoisotopic (exact) mass is 315 g/mol. The predicted octanol–water partition coefficient (Wildman–Crippen LogP) is 1.40. The summed E-state index contributed by atoms with van der Waals surface area (Å²) < 4.78 is 4.99. The van der Waals surface area contributed by atoms with E-state index in [0.717, 1.165) is 31.7 Å². The molecule has 1 aliphatic rings. The van der Waals surface area contributed by atoms with E-state index in [-0.39, 0.29) is 11.9 Å². The molecule has 3 heterocycles. The Morgan fingerprint density at radius 1 is 1.48 bits per heavy atom. The highest BCUT2D eigenvalue weighted by atomic mass is 16.5. The highest BCUT2D eigenvalue weighted by molar-refractivity contribution is 5.73. The van der Waals surface area contributed by atoms with Gasteiger partial charge in [0, 0.05) is 45.7 Å². The number of rotatable bonds is 5. The number of nitrogens with zero attached hydrogens (tertiary/aromatic N) is 5. The predicted molar refractivity (Wildman–Crippen MR) is 83.2 cm³/mol. The first kappa shape index (κ1) is 15.6. The normalized spacial score (nSPS) is 18.3. The molecule has 0 unspecified atom stereocenters. The summed E-state index contributed by atoms with van der Waals surface area (Å²) in [5.41, 5.74) is 1.05. The van der Waals surface area contributed by atoms with Crippen molar-refractivity contribution in [3.05, 3.63) is 41.8 Å². The molecule has 1 amide bonds. The maximum Gasteiger partial charge on any atom is 0.223 e. The van der Waals surface area contributed by atoms with Gasteiger partial charge >= 0.3 is 0 Å². The van der Waals surface area contributed by atoms with Gasteiger partial charge in [0.05, 0.1) is 12.2 Å². The Kier molecular flexibility index (Phi) is 4.66. The number of hydrogen-bond donors (Lipinski definition) is 0. The Labute approximate surface area is 135 Å². The van der Waals surface area contributed by atoms with Gasteiger partial charge in [-0.15, -0.1) is 0 Å². The fourth-order valence-electron chi connectivity index (χ4n) is 2.99. The molecule has 122 valence electrons. The van der Waals surface area contributed by atoms with E-state index in [2.05, 4.69) is 20.0 Å². The van der Waals surface area contributed by atoms with Gasteiger partial charge in [-0.3, -0.25) is 14.7 Å². The van der Waals surface area contributed by atoms with Crippen molar-refractivity contribution in [2.24, 2.45) is 0 Å². The molecule has 0 spiro atoms. The van der Waals surface area contributed by atoms with Crippen molar-refractivity contribution in [2.75, 3.05) is 13.1 Å². The number of likely N-dealkylation sites (tertiary alicyclic amines) is 1. The number of amides is 1. The molecule has 2 aromatic heterocycles. The van der Waals surface area contributed by atoms with E-state index in [1.807, 2.05) is 29.3 Å². The Bertz CT molecular complexity index is 658. The van der Waals surface area contributed by atoms with E-state index in [1.54, 1.807) is 13.8 Å². The van der Waals surface area contributed by atoms with Crippen LogP contribution in [0.4, 0.5) is 0 Å². The van der Waals surface area contributed by atoms with Crippen LogP contribution in [0.25, 0.3) is 0 Å². The standard InChI is InChI=1S/C16H21N5O2/c1-12-18-16(19-23-12)11-21(13(2)22)15-6-8-20(10-15)9-14-5-3-4-7-17-14/h3-5,7,15H,6,8-11H2,1-2H3/t15-/m0/s1. The molecule has 1 atom stereocenters. The summed E-state index contributed by atoms with van der Waals surface area (Å²) in [4.78, 5) is 24.7. The summed E-state index contributed by atoms with van der Waals surface area (Å²) in [6.07, 6.45) is 2.76. The SMILES string of the molecule is CC(=O)N(Cc1noc(C)n1)[C@H]1CCN(Cc2ccccn2)C1. The first-order chi connectivity index (χ1) is 11.1. The summed E-state index contributed by atoms with van der Waals surface area (Å²) in [5, 5.41) is 3.89. The van der Waals surface area contributed by atoms with E-state index in [4.69, 9.17) is 4.52 Å². The summed E-state index contributed by atoms with van der Waals surface area (Å²) in [6, 6.07) is 6.12. The zero-order chi connectivity index (χ0) is 16.2.